The summed E-state index contributed by atoms with van der Waals surface area (Å²) in [5, 5.41) is 1.05. The lowest BCUT2D eigenvalue weighted by Crippen LogP contribution is -2.46. The molecule has 0 atom stereocenters. The van der Waals surface area contributed by atoms with E-state index in [9.17, 15) is 0 Å². The fourth-order valence-corrected chi connectivity index (χ4v) is 3.32. The van der Waals surface area contributed by atoms with Crippen molar-refractivity contribution in [1.82, 2.24) is 14.9 Å². The zero-order valence-electron chi connectivity index (χ0n) is 13.1. The Bertz CT molecular complexity index is 788. The molecule has 1 aliphatic heterocycles. The number of nitrogens with one attached hydrogen (secondary N) is 1. The molecule has 0 aliphatic carbocycles. The first-order valence-electron chi connectivity index (χ1n) is 8.04. The zero-order valence-corrected chi connectivity index (χ0v) is 13.1. The van der Waals surface area contributed by atoms with Gasteiger partial charge in [-0.25, -0.2) is 4.98 Å². The van der Waals surface area contributed by atoms with Crippen molar-refractivity contribution in [3.05, 3.63) is 54.4 Å². The second-order valence-corrected chi connectivity index (χ2v) is 6.05. The SMILES string of the molecule is Nc1c[nH]c2nccc(N3CCN(Cc4ccccc4)CC3)c12. The predicted octanol–water partition coefficient (Wildman–Crippen LogP) is 2.47. The Balaban J connectivity index is 1.48. The number of benzene rings is 1. The number of pyridine rings is 1. The van der Waals surface area contributed by atoms with Gasteiger partial charge in [0.25, 0.3) is 0 Å². The van der Waals surface area contributed by atoms with Crippen molar-refractivity contribution in [3.8, 4) is 0 Å². The van der Waals surface area contributed by atoms with Crippen LogP contribution in [0.15, 0.2) is 48.8 Å². The first-order chi connectivity index (χ1) is 11.3. The molecule has 0 unspecified atom stereocenters. The molecule has 1 fully saturated rings. The summed E-state index contributed by atoms with van der Waals surface area (Å²) >= 11 is 0. The Morgan fingerprint density at radius 1 is 1.04 bits per heavy atom. The molecule has 3 N–H and O–H groups in total. The Labute approximate surface area is 135 Å². The van der Waals surface area contributed by atoms with Gasteiger partial charge in [0, 0.05) is 45.1 Å². The Morgan fingerprint density at radius 3 is 2.61 bits per heavy atom. The van der Waals surface area contributed by atoms with Crippen LogP contribution in [-0.2, 0) is 6.54 Å². The number of hydrogen-bond acceptors (Lipinski definition) is 4. The van der Waals surface area contributed by atoms with Gasteiger partial charge in [0.05, 0.1) is 16.8 Å². The normalized spacial score (nSPS) is 16.1. The maximum Gasteiger partial charge on any atom is 0.141 e. The number of H-pyrrole nitrogens is 1. The van der Waals surface area contributed by atoms with E-state index in [2.05, 4.69) is 56.2 Å². The number of piperazine rings is 1. The number of aromatic amines is 1. The number of aromatic nitrogens is 2. The van der Waals surface area contributed by atoms with E-state index < -0.39 is 0 Å². The van der Waals surface area contributed by atoms with Gasteiger partial charge < -0.3 is 15.6 Å². The molecule has 118 valence electrons. The quantitative estimate of drug-likeness (QED) is 0.780. The van der Waals surface area contributed by atoms with Crippen LogP contribution in [0.4, 0.5) is 11.4 Å². The molecule has 4 rings (SSSR count). The number of fused-ring (bicyclic) bond motifs is 1. The molecule has 2 aromatic heterocycles. The van der Waals surface area contributed by atoms with Crippen LogP contribution in [0, 0.1) is 0 Å². The van der Waals surface area contributed by atoms with Crippen LogP contribution in [-0.4, -0.2) is 41.0 Å². The summed E-state index contributed by atoms with van der Waals surface area (Å²) in [6, 6.07) is 12.7. The molecule has 5 nitrogen and oxygen atoms in total. The highest BCUT2D eigenvalue weighted by atomic mass is 15.3. The van der Waals surface area contributed by atoms with E-state index in [1.54, 1.807) is 0 Å². The molecule has 3 aromatic rings. The van der Waals surface area contributed by atoms with E-state index in [1.165, 1.54) is 11.3 Å². The fourth-order valence-electron chi connectivity index (χ4n) is 3.32. The van der Waals surface area contributed by atoms with E-state index in [0.717, 1.165) is 49.4 Å². The Kier molecular flexibility index (Phi) is 3.63. The third-order valence-electron chi connectivity index (χ3n) is 4.54. The summed E-state index contributed by atoms with van der Waals surface area (Å²) in [7, 11) is 0. The van der Waals surface area contributed by atoms with Crippen LogP contribution in [0.1, 0.15) is 5.56 Å². The summed E-state index contributed by atoms with van der Waals surface area (Å²) in [6.45, 7) is 5.16. The third kappa shape index (κ3) is 2.75. The Morgan fingerprint density at radius 2 is 1.83 bits per heavy atom. The number of nitrogens with two attached hydrogens (primary N) is 1. The highest BCUT2D eigenvalue weighted by Crippen LogP contribution is 2.30. The fraction of sp³-hybridized carbons (Fsp3) is 0.278. The topological polar surface area (TPSA) is 61.2 Å². The molecule has 1 saturated heterocycles. The largest absolute Gasteiger partial charge is 0.397 e. The molecule has 0 spiro atoms. The van der Waals surface area contributed by atoms with Crippen molar-refractivity contribution in [2.24, 2.45) is 0 Å². The average molecular weight is 307 g/mol. The third-order valence-corrected chi connectivity index (χ3v) is 4.54. The van der Waals surface area contributed by atoms with E-state index >= 15 is 0 Å². The van der Waals surface area contributed by atoms with Crippen molar-refractivity contribution in [3.63, 3.8) is 0 Å². The molecule has 5 heteroatoms. The van der Waals surface area contributed by atoms with Crippen LogP contribution < -0.4 is 10.6 Å². The van der Waals surface area contributed by atoms with Gasteiger partial charge in [0.15, 0.2) is 0 Å². The summed E-state index contributed by atoms with van der Waals surface area (Å²) in [5.41, 5.74) is 10.3. The van der Waals surface area contributed by atoms with E-state index in [0.29, 0.717) is 0 Å². The smallest absolute Gasteiger partial charge is 0.141 e. The predicted molar refractivity (Wildman–Crippen MR) is 94.4 cm³/mol. The molecule has 0 saturated carbocycles. The minimum atomic E-state index is 0.773. The van der Waals surface area contributed by atoms with E-state index in [1.807, 2.05) is 12.4 Å². The number of rotatable bonds is 3. The standard InChI is InChI=1S/C18H21N5/c19-15-12-21-18-17(15)16(6-7-20-18)23-10-8-22(9-11-23)13-14-4-2-1-3-5-14/h1-7,12H,8-11,13,19H2,(H,20,21). The molecular weight excluding hydrogens is 286 g/mol. The number of nitrogens with zero attached hydrogens (tertiary/aromatic N) is 3. The Hall–Kier alpha value is -2.53. The van der Waals surface area contributed by atoms with Crippen LogP contribution >= 0.6 is 0 Å². The number of hydrogen-bond donors (Lipinski definition) is 2. The van der Waals surface area contributed by atoms with Crippen molar-refractivity contribution in [2.45, 2.75) is 6.54 Å². The molecule has 3 heterocycles. The van der Waals surface area contributed by atoms with E-state index in [-0.39, 0.29) is 0 Å². The highest BCUT2D eigenvalue weighted by molar-refractivity contribution is 5.99. The van der Waals surface area contributed by atoms with E-state index in [4.69, 9.17) is 5.73 Å². The molecule has 1 aromatic carbocycles. The lowest BCUT2D eigenvalue weighted by atomic mass is 10.1. The molecule has 23 heavy (non-hydrogen) atoms. The molecular formula is C18H21N5. The summed E-state index contributed by atoms with van der Waals surface area (Å²) in [5.74, 6) is 0. The summed E-state index contributed by atoms with van der Waals surface area (Å²) in [6.07, 6.45) is 3.68. The van der Waals surface area contributed by atoms with Crippen molar-refractivity contribution >= 4 is 22.4 Å². The van der Waals surface area contributed by atoms with Gasteiger partial charge in [-0.15, -0.1) is 0 Å². The van der Waals surface area contributed by atoms with Crippen molar-refractivity contribution < 1.29 is 0 Å². The second kappa shape index (κ2) is 5.93. The van der Waals surface area contributed by atoms with Crippen LogP contribution in [0.2, 0.25) is 0 Å². The van der Waals surface area contributed by atoms with Gasteiger partial charge in [0.2, 0.25) is 0 Å². The van der Waals surface area contributed by atoms with Crippen LogP contribution in [0.5, 0.6) is 0 Å². The van der Waals surface area contributed by atoms with Gasteiger partial charge in [0.1, 0.15) is 5.65 Å². The van der Waals surface area contributed by atoms with Crippen LogP contribution in [0.25, 0.3) is 11.0 Å². The monoisotopic (exact) mass is 307 g/mol. The second-order valence-electron chi connectivity index (χ2n) is 6.05. The van der Waals surface area contributed by atoms with Gasteiger partial charge in [-0.05, 0) is 11.6 Å². The molecule has 0 radical (unpaired) electrons. The summed E-state index contributed by atoms with van der Waals surface area (Å²) < 4.78 is 0. The molecule has 1 aliphatic rings. The first kappa shape index (κ1) is 14.1. The van der Waals surface area contributed by atoms with Crippen molar-refractivity contribution in [2.75, 3.05) is 36.8 Å². The van der Waals surface area contributed by atoms with Gasteiger partial charge in [-0.2, -0.15) is 0 Å². The van der Waals surface area contributed by atoms with Gasteiger partial charge >= 0.3 is 0 Å². The van der Waals surface area contributed by atoms with Crippen molar-refractivity contribution in [1.29, 1.82) is 0 Å². The minimum Gasteiger partial charge on any atom is -0.397 e. The average Bonchev–Trinajstić information content (AvgIpc) is 2.98. The maximum atomic E-state index is 6.10. The summed E-state index contributed by atoms with van der Waals surface area (Å²) in [4.78, 5) is 12.4. The lowest BCUT2D eigenvalue weighted by molar-refractivity contribution is 0.250. The maximum absolute atomic E-state index is 6.10. The number of nitrogen functional groups attached to an aromatic ring is 1. The van der Waals surface area contributed by atoms with Crippen LogP contribution in [0.3, 0.4) is 0 Å². The lowest BCUT2D eigenvalue weighted by Gasteiger charge is -2.36. The van der Waals surface area contributed by atoms with Gasteiger partial charge in [-0.3, -0.25) is 4.90 Å². The molecule has 0 bridgehead atoms. The van der Waals surface area contributed by atoms with Gasteiger partial charge in [-0.1, -0.05) is 30.3 Å². The highest BCUT2D eigenvalue weighted by Gasteiger charge is 2.20. The zero-order chi connectivity index (χ0) is 15.6. The number of anilines is 2. The minimum absolute atomic E-state index is 0.773. The molecule has 0 amide bonds. The first-order valence-corrected chi connectivity index (χ1v) is 8.04.